The molecule has 14 heavy (non-hydrogen) atoms. The molecule has 0 aromatic heterocycles. The summed E-state index contributed by atoms with van der Waals surface area (Å²) in [4.78, 5) is 10.4. The summed E-state index contributed by atoms with van der Waals surface area (Å²) >= 11 is 5.57. The Bertz CT molecular complexity index is 220. The van der Waals surface area contributed by atoms with Crippen molar-refractivity contribution in [1.29, 1.82) is 0 Å². The fourth-order valence-corrected chi connectivity index (χ4v) is 1.30. The molecule has 0 aromatic rings. The highest BCUT2D eigenvalue weighted by atomic mass is 35.5. The van der Waals surface area contributed by atoms with Gasteiger partial charge in [-0.1, -0.05) is 11.6 Å². The van der Waals surface area contributed by atoms with Crippen LogP contribution in [0.25, 0.3) is 0 Å². The Morgan fingerprint density at radius 2 is 2.14 bits per heavy atom. The highest BCUT2D eigenvalue weighted by Gasteiger charge is 2.14. The average molecular weight is 218 g/mol. The highest BCUT2D eigenvalue weighted by molar-refractivity contribution is 6.65. The zero-order valence-corrected chi connectivity index (χ0v) is 9.37. The number of nitrogens with zero attached hydrogens (tertiary/aromatic N) is 3. The van der Waals surface area contributed by atoms with Gasteiger partial charge < -0.3 is 4.74 Å². The molecule has 1 heterocycles. The third-order valence-electron chi connectivity index (χ3n) is 2.09. The van der Waals surface area contributed by atoms with Crippen LogP contribution in [-0.4, -0.2) is 48.9 Å². The summed E-state index contributed by atoms with van der Waals surface area (Å²) in [5.74, 6) is 0. The molecule has 5 heteroatoms. The lowest BCUT2D eigenvalue weighted by atomic mass is 10.4. The normalized spacial score (nSPS) is 22.9. The number of rotatable bonds is 3. The van der Waals surface area contributed by atoms with Gasteiger partial charge in [0.2, 0.25) is 0 Å². The summed E-state index contributed by atoms with van der Waals surface area (Å²) in [6, 6.07) is 0. The van der Waals surface area contributed by atoms with Crippen molar-refractivity contribution in [2.24, 2.45) is 9.98 Å². The lowest BCUT2D eigenvalue weighted by Gasteiger charge is -2.29. The Balaban J connectivity index is 2.36. The van der Waals surface area contributed by atoms with Gasteiger partial charge in [0, 0.05) is 13.1 Å². The molecule has 0 N–H and O–H groups in total. The average Bonchev–Trinajstić information content (AvgIpc) is 2.18. The Morgan fingerprint density at radius 1 is 1.50 bits per heavy atom. The van der Waals surface area contributed by atoms with Crippen LogP contribution in [0.4, 0.5) is 0 Å². The van der Waals surface area contributed by atoms with Crippen LogP contribution >= 0.6 is 11.6 Å². The fraction of sp³-hybridized carbons (Fsp3) is 0.778. The molecule has 1 unspecified atom stereocenters. The molecule has 1 rings (SSSR count). The summed E-state index contributed by atoms with van der Waals surface area (Å²) in [5, 5.41) is 0.503. The number of ether oxygens (including phenoxy) is 1. The van der Waals surface area contributed by atoms with Gasteiger partial charge >= 0.3 is 0 Å². The van der Waals surface area contributed by atoms with Crippen LogP contribution in [0.1, 0.15) is 13.8 Å². The third-order valence-corrected chi connectivity index (χ3v) is 2.19. The zero-order valence-electron chi connectivity index (χ0n) is 8.61. The van der Waals surface area contributed by atoms with Crippen molar-refractivity contribution in [3.05, 3.63) is 0 Å². The van der Waals surface area contributed by atoms with Crippen LogP contribution < -0.4 is 0 Å². The van der Waals surface area contributed by atoms with Crippen molar-refractivity contribution in [1.82, 2.24) is 4.90 Å². The predicted octanol–water partition coefficient (Wildman–Crippen LogP) is 1.35. The van der Waals surface area contributed by atoms with Crippen LogP contribution in [0, 0.1) is 0 Å². The van der Waals surface area contributed by atoms with Crippen LogP contribution in [0.5, 0.6) is 0 Å². The number of hydrogen-bond donors (Lipinski definition) is 0. The minimum atomic E-state index is 0.152. The molecule has 0 aromatic carbocycles. The van der Waals surface area contributed by atoms with Crippen molar-refractivity contribution < 1.29 is 4.74 Å². The van der Waals surface area contributed by atoms with E-state index in [1.54, 1.807) is 6.92 Å². The second-order valence-corrected chi connectivity index (χ2v) is 3.72. The monoisotopic (exact) mass is 217 g/mol. The van der Waals surface area contributed by atoms with E-state index in [0.717, 1.165) is 26.3 Å². The van der Waals surface area contributed by atoms with E-state index in [1.807, 2.05) is 6.92 Å². The van der Waals surface area contributed by atoms with E-state index in [-0.39, 0.29) is 6.17 Å². The van der Waals surface area contributed by atoms with Gasteiger partial charge in [0.05, 0.1) is 13.2 Å². The van der Waals surface area contributed by atoms with Crippen molar-refractivity contribution >= 4 is 23.1 Å². The van der Waals surface area contributed by atoms with Gasteiger partial charge in [-0.15, -0.1) is 0 Å². The second kappa shape index (κ2) is 6.11. The van der Waals surface area contributed by atoms with E-state index in [9.17, 15) is 0 Å². The molecule has 1 aliphatic heterocycles. The van der Waals surface area contributed by atoms with Crippen LogP contribution in [0.2, 0.25) is 0 Å². The predicted molar refractivity (Wildman–Crippen MR) is 59.3 cm³/mol. The molecule has 4 nitrogen and oxygen atoms in total. The topological polar surface area (TPSA) is 37.2 Å². The number of halogens is 1. The maximum Gasteiger partial charge on any atom is 0.113 e. The highest BCUT2D eigenvalue weighted by Crippen LogP contribution is 2.03. The van der Waals surface area contributed by atoms with E-state index >= 15 is 0 Å². The van der Waals surface area contributed by atoms with Gasteiger partial charge in [0.1, 0.15) is 17.7 Å². The minimum Gasteiger partial charge on any atom is -0.379 e. The third kappa shape index (κ3) is 4.17. The largest absolute Gasteiger partial charge is 0.379 e. The maximum absolute atomic E-state index is 5.57. The summed E-state index contributed by atoms with van der Waals surface area (Å²) in [6.07, 6.45) is 1.67. The van der Waals surface area contributed by atoms with Crippen molar-refractivity contribution in [2.75, 3.05) is 26.3 Å². The first-order valence-corrected chi connectivity index (χ1v) is 5.11. The zero-order chi connectivity index (χ0) is 10.4. The molecule has 1 fully saturated rings. The molecule has 1 saturated heterocycles. The maximum atomic E-state index is 5.57. The summed E-state index contributed by atoms with van der Waals surface area (Å²) < 4.78 is 5.25. The van der Waals surface area contributed by atoms with E-state index in [2.05, 4.69) is 14.9 Å². The summed E-state index contributed by atoms with van der Waals surface area (Å²) in [7, 11) is 0. The van der Waals surface area contributed by atoms with E-state index < -0.39 is 0 Å². The molecule has 0 radical (unpaired) electrons. The first-order chi connectivity index (χ1) is 6.70. The Morgan fingerprint density at radius 3 is 2.71 bits per heavy atom. The van der Waals surface area contributed by atoms with Gasteiger partial charge in [0.15, 0.2) is 0 Å². The van der Waals surface area contributed by atoms with Gasteiger partial charge in [-0.25, -0.2) is 4.99 Å². The molecule has 1 atom stereocenters. The molecule has 0 saturated carbocycles. The fourth-order valence-electron chi connectivity index (χ4n) is 1.25. The molecule has 0 aliphatic carbocycles. The summed E-state index contributed by atoms with van der Waals surface area (Å²) in [6.45, 7) is 7.22. The molecular weight excluding hydrogens is 202 g/mol. The molecule has 0 amide bonds. The van der Waals surface area contributed by atoms with Crippen LogP contribution in [0.15, 0.2) is 9.98 Å². The first kappa shape index (κ1) is 11.6. The minimum absolute atomic E-state index is 0.152. The smallest absolute Gasteiger partial charge is 0.113 e. The van der Waals surface area contributed by atoms with Gasteiger partial charge in [0.25, 0.3) is 0 Å². The van der Waals surface area contributed by atoms with E-state index in [4.69, 9.17) is 16.3 Å². The van der Waals surface area contributed by atoms with Crippen molar-refractivity contribution in [3.63, 3.8) is 0 Å². The quantitative estimate of drug-likeness (QED) is 0.529. The molecule has 0 bridgehead atoms. The first-order valence-electron chi connectivity index (χ1n) is 4.73. The van der Waals surface area contributed by atoms with Gasteiger partial charge in [-0.05, 0) is 13.8 Å². The Hall–Kier alpha value is -0.450. The lowest BCUT2D eigenvalue weighted by Crippen LogP contribution is -2.41. The Labute approximate surface area is 89.6 Å². The van der Waals surface area contributed by atoms with E-state index in [1.165, 1.54) is 6.34 Å². The van der Waals surface area contributed by atoms with E-state index in [0.29, 0.717) is 5.17 Å². The molecule has 80 valence electrons. The summed E-state index contributed by atoms with van der Waals surface area (Å²) in [5.41, 5.74) is 0. The van der Waals surface area contributed by atoms with Crippen molar-refractivity contribution in [3.8, 4) is 0 Å². The Kier molecular flexibility index (Phi) is 5.07. The number of aliphatic imine (C=N–C) groups is 2. The van der Waals surface area contributed by atoms with Crippen molar-refractivity contribution in [2.45, 2.75) is 20.0 Å². The SMILES string of the molecule is CC(Cl)=NC=NC(C)N1CCOCC1. The van der Waals surface area contributed by atoms with Crippen LogP contribution in [-0.2, 0) is 4.74 Å². The molecule has 1 aliphatic rings. The van der Waals surface area contributed by atoms with Crippen LogP contribution in [0.3, 0.4) is 0 Å². The van der Waals surface area contributed by atoms with Gasteiger partial charge in [-0.3, -0.25) is 9.89 Å². The second-order valence-electron chi connectivity index (χ2n) is 3.17. The molecule has 0 spiro atoms. The molecular formula is C9H16ClN3O. The van der Waals surface area contributed by atoms with Gasteiger partial charge in [-0.2, -0.15) is 0 Å². The number of hydrogen-bond acceptors (Lipinski definition) is 3. The number of morpholine rings is 1. The standard InChI is InChI=1S/C9H16ClN3O/c1-8(10)11-7-12-9(2)13-3-5-14-6-4-13/h7,9H,3-6H2,1-2H3. The lowest BCUT2D eigenvalue weighted by molar-refractivity contribution is 0.0221.